The molecular formula is C15H19BClFO4S. The molecule has 126 valence electrons. The molecule has 1 aromatic carbocycles. The Morgan fingerprint density at radius 1 is 1.17 bits per heavy atom. The van der Waals surface area contributed by atoms with Gasteiger partial charge in [0.25, 0.3) is 9.05 Å². The van der Waals surface area contributed by atoms with Crippen LogP contribution in [0, 0.1) is 0 Å². The first-order valence-corrected chi connectivity index (χ1v) is 9.43. The van der Waals surface area contributed by atoms with Gasteiger partial charge in [-0.2, -0.15) is 0 Å². The largest absolute Gasteiger partial charge is 0.525 e. The summed E-state index contributed by atoms with van der Waals surface area (Å²) in [5.74, 6) is 0. The lowest BCUT2D eigenvalue weighted by Crippen LogP contribution is -2.41. The van der Waals surface area contributed by atoms with Crippen LogP contribution in [0.3, 0.4) is 0 Å². The van der Waals surface area contributed by atoms with Crippen LogP contribution in [0.15, 0.2) is 34.9 Å². The van der Waals surface area contributed by atoms with Crippen LogP contribution in [0.25, 0.3) is 5.57 Å². The monoisotopic (exact) mass is 360 g/mol. The van der Waals surface area contributed by atoms with Crippen molar-refractivity contribution in [3.05, 3.63) is 35.6 Å². The minimum Gasteiger partial charge on any atom is -0.398 e. The van der Waals surface area contributed by atoms with Crippen LogP contribution < -0.4 is 0 Å². The first-order chi connectivity index (χ1) is 10.3. The van der Waals surface area contributed by atoms with Crippen LogP contribution in [-0.4, -0.2) is 26.7 Å². The van der Waals surface area contributed by atoms with Crippen molar-refractivity contribution in [1.29, 1.82) is 0 Å². The quantitative estimate of drug-likeness (QED) is 0.605. The summed E-state index contributed by atoms with van der Waals surface area (Å²) in [6, 6.07) is 5.78. The third-order valence-electron chi connectivity index (χ3n) is 4.37. The first kappa shape index (κ1) is 18.5. The molecule has 0 radical (unpaired) electrons. The molecule has 2 rings (SSSR count). The minimum absolute atomic E-state index is 0.0854. The van der Waals surface area contributed by atoms with Crippen molar-refractivity contribution in [3.63, 3.8) is 0 Å². The third kappa shape index (κ3) is 3.63. The second kappa shape index (κ2) is 5.88. The third-order valence-corrected chi connectivity index (χ3v) is 5.72. The molecular weight excluding hydrogens is 341 g/mol. The van der Waals surface area contributed by atoms with Crippen LogP contribution in [0.2, 0.25) is 0 Å². The van der Waals surface area contributed by atoms with Gasteiger partial charge in [0.1, 0.15) is 5.73 Å². The Morgan fingerprint density at radius 2 is 1.70 bits per heavy atom. The summed E-state index contributed by atoms with van der Waals surface area (Å²) in [5, 5.41) is 0. The highest BCUT2D eigenvalue weighted by Crippen LogP contribution is 2.40. The molecule has 0 spiro atoms. The van der Waals surface area contributed by atoms with E-state index in [0.717, 1.165) is 0 Å². The van der Waals surface area contributed by atoms with E-state index >= 15 is 0 Å². The lowest BCUT2D eigenvalue weighted by atomic mass is 9.83. The van der Waals surface area contributed by atoms with Crippen molar-refractivity contribution in [2.75, 3.05) is 0 Å². The van der Waals surface area contributed by atoms with Gasteiger partial charge in [0, 0.05) is 10.7 Å². The van der Waals surface area contributed by atoms with Gasteiger partial charge in [-0.3, -0.25) is 0 Å². The predicted molar refractivity (Wildman–Crippen MR) is 89.3 cm³/mol. The number of rotatable bonds is 3. The number of hydrogen-bond donors (Lipinski definition) is 0. The minimum atomic E-state index is -3.88. The molecule has 1 fully saturated rings. The summed E-state index contributed by atoms with van der Waals surface area (Å²) in [5.41, 5.74) is -1.26. The average molecular weight is 361 g/mol. The Kier molecular flexibility index (Phi) is 4.72. The van der Waals surface area contributed by atoms with E-state index in [4.69, 9.17) is 20.0 Å². The van der Waals surface area contributed by atoms with Crippen molar-refractivity contribution in [1.82, 2.24) is 0 Å². The molecule has 0 aliphatic carbocycles. The molecule has 0 saturated carbocycles. The number of allylic oxidation sites excluding steroid dienone is 1. The maximum absolute atomic E-state index is 14.7. The van der Waals surface area contributed by atoms with Gasteiger partial charge >= 0.3 is 7.12 Å². The summed E-state index contributed by atoms with van der Waals surface area (Å²) < 4.78 is 48.9. The standard InChI is InChI=1S/C15H19BClFO4S/c1-10(11-7-6-8-12(9-11)23(17,19)20)13(18)16-21-14(2,3)15(4,5)22-16/h6-9H,1-5H3. The summed E-state index contributed by atoms with van der Waals surface area (Å²) in [6.45, 7) is 8.86. The van der Waals surface area contributed by atoms with Crippen molar-refractivity contribution in [2.45, 2.75) is 50.7 Å². The van der Waals surface area contributed by atoms with Gasteiger partial charge < -0.3 is 9.31 Å². The second-order valence-corrected chi connectivity index (χ2v) is 9.09. The molecule has 0 atom stereocenters. The highest BCUT2D eigenvalue weighted by atomic mass is 35.7. The van der Waals surface area contributed by atoms with Crippen molar-refractivity contribution < 1.29 is 22.1 Å². The van der Waals surface area contributed by atoms with Gasteiger partial charge in [-0.15, -0.1) is 0 Å². The maximum Gasteiger partial charge on any atom is 0.525 e. The summed E-state index contributed by atoms with van der Waals surface area (Å²) >= 11 is 0. The number of benzene rings is 1. The fraction of sp³-hybridized carbons (Fsp3) is 0.467. The van der Waals surface area contributed by atoms with Crippen LogP contribution in [0.5, 0.6) is 0 Å². The summed E-state index contributed by atoms with van der Waals surface area (Å²) in [6.07, 6.45) is 0. The van der Waals surface area contributed by atoms with Crippen LogP contribution in [-0.2, 0) is 18.4 Å². The Labute approximate surface area is 141 Å². The molecule has 23 heavy (non-hydrogen) atoms. The normalized spacial score (nSPS) is 21.3. The SMILES string of the molecule is CC(=C(F)B1OC(C)(C)C(C)(C)O1)c1cccc(S(=O)(=O)Cl)c1. The van der Waals surface area contributed by atoms with Gasteiger partial charge in [0.15, 0.2) is 0 Å². The molecule has 1 aliphatic heterocycles. The number of hydrogen-bond acceptors (Lipinski definition) is 4. The van der Waals surface area contributed by atoms with E-state index in [-0.39, 0.29) is 10.5 Å². The van der Waals surface area contributed by atoms with Crippen molar-refractivity contribution >= 4 is 32.4 Å². The van der Waals surface area contributed by atoms with E-state index < -0.39 is 33.1 Å². The molecule has 4 nitrogen and oxygen atoms in total. The van der Waals surface area contributed by atoms with E-state index in [9.17, 15) is 12.8 Å². The van der Waals surface area contributed by atoms with E-state index in [1.165, 1.54) is 18.2 Å². The summed E-state index contributed by atoms with van der Waals surface area (Å²) in [4.78, 5) is -0.0854. The molecule has 1 aromatic rings. The lowest BCUT2D eigenvalue weighted by Gasteiger charge is -2.32. The van der Waals surface area contributed by atoms with Crippen molar-refractivity contribution in [3.8, 4) is 0 Å². The van der Waals surface area contributed by atoms with Crippen molar-refractivity contribution in [2.24, 2.45) is 0 Å². The topological polar surface area (TPSA) is 52.6 Å². The molecule has 1 saturated heterocycles. The predicted octanol–water partition coefficient (Wildman–Crippen LogP) is 3.95. The zero-order valence-corrected chi connectivity index (χ0v) is 15.3. The molecule has 0 N–H and O–H groups in total. The van der Waals surface area contributed by atoms with Crippen LogP contribution in [0.4, 0.5) is 4.39 Å². The molecule has 0 unspecified atom stereocenters. The summed E-state index contributed by atoms with van der Waals surface area (Å²) in [7, 11) is 0.325. The molecule has 8 heteroatoms. The fourth-order valence-electron chi connectivity index (χ4n) is 2.14. The van der Waals surface area contributed by atoms with Gasteiger partial charge in [0.05, 0.1) is 16.1 Å². The average Bonchev–Trinajstić information content (AvgIpc) is 2.65. The maximum atomic E-state index is 14.7. The second-order valence-electron chi connectivity index (χ2n) is 6.53. The molecule has 1 aliphatic rings. The molecule has 0 aromatic heterocycles. The van der Waals surface area contributed by atoms with E-state index in [1.54, 1.807) is 13.0 Å². The molecule has 0 amide bonds. The zero-order valence-electron chi connectivity index (χ0n) is 13.7. The van der Waals surface area contributed by atoms with Crippen LogP contribution in [0.1, 0.15) is 40.2 Å². The fourth-order valence-corrected chi connectivity index (χ4v) is 2.94. The molecule has 1 heterocycles. The van der Waals surface area contributed by atoms with Gasteiger partial charge in [-0.1, -0.05) is 12.1 Å². The lowest BCUT2D eigenvalue weighted by molar-refractivity contribution is 0.00578. The Bertz CT molecular complexity index is 742. The van der Waals surface area contributed by atoms with Gasteiger partial charge in [-0.25, -0.2) is 12.8 Å². The first-order valence-electron chi connectivity index (χ1n) is 7.12. The Morgan fingerprint density at radius 3 is 2.17 bits per heavy atom. The Balaban J connectivity index is 2.39. The van der Waals surface area contributed by atoms with E-state index in [0.29, 0.717) is 5.56 Å². The van der Waals surface area contributed by atoms with E-state index in [2.05, 4.69) is 0 Å². The smallest absolute Gasteiger partial charge is 0.398 e. The molecule has 0 bridgehead atoms. The highest BCUT2D eigenvalue weighted by Gasteiger charge is 2.53. The van der Waals surface area contributed by atoms with Crippen LogP contribution >= 0.6 is 10.7 Å². The van der Waals surface area contributed by atoms with Gasteiger partial charge in [0.2, 0.25) is 0 Å². The zero-order chi connectivity index (χ0) is 17.6. The number of halogens is 2. The highest BCUT2D eigenvalue weighted by molar-refractivity contribution is 8.13. The van der Waals surface area contributed by atoms with Gasteiger partial charge in [-0.05, 0) is 57.9 Å². The Hall–Kier alpha value is -0.885. The van der Waals surface area contributed by atoms with E-state index in [1.807, 2.05) is 27.7 Å².